The summed E-state index contributed by atoms with van der Waals surface area (Å²) in [5, 5.41) is 9.18. The standard InChI is InChI=1S/C10H12N4O2S2/c1-14-6-8(5-13-14)17-9-3-2-7(11)4-10(9)18(12,15)16/h2-6H,11H2,1H3,(H2,12,15,16). The van der Waals surface area contributed by atoms with Crippen LogP contribution in [0.2, 0.25) is 0 Å². The molecule has 0 aliphatic rings. The number of aryl methyl sites for hydroxylation is 1. The summed E-state index contributed by atoms with van der Waals surface area (Å²) in [5.41, 5.74) is 5.93. The number of nitrogens with zero attached hydrogens (tertiary/aromatic N) is 2. The van der Waals surface area contributed by atoms with E-state index < -0.39 is 10.0 Å². The number of nitrogens with two attached hydrogens (primary N) is 2. The Balaban J connectivity index is 2.45. The second kappa shape index (κ2) is 4.63. The van der Waals surface area contributed by atoms with Crippen LogP contribution >= 0.6 is 11.8 Å². The van der Waals surface area contributed by atoms with Crippen LogP contribution in [0.15, 0.2) is 45.3 Å². The fraction of sp³-hybridized carbons (Fsp3) is 0.100. The predicted octanol–water partition coefficient (Wildman–Crippen LogP) is 0.801. The number of anilines is 1. The van der Waals surface area contributed by atoms with Crippen molar-refractivity contribution < 1.29 is 8.42 Å². The fourth-order valence-electron chi connectivity index (χ4n) is 1.41. The fourth-order valence-corrected chi connectivity index (χ4v) is 3.39. The molecule has 0 spiro atoms. The summed E-state index contributed by atoms with van der Waals surface area (Å²) >= 11 is 1.27. The van der Waals surface area contributed by atoms with Crippen LogP contribution in [0.5, 0.6) is 0 Å². The molecule has 8 heteroatoms. The number of benzene rings is 1. The van der Waals surface area contributed by atoms with Crippen molar-refractivity contribution in [3.8, 4) is 0 Å². The molecule has 1 aromatic carbocycles. The number of primary sulfonamides is 1. The van der Waals surface area contributed by atoms with Crippen LogP contribution < -0.4 is 10.9 Å². The second-order valence-corrected chi connectivity index (χ2v) is 6.35. The summed E-state index contributed by atoms with van der Waals surface area (Å²) in [6.45, 7) is 0. The molecule has 0 saturated carbocycles. The maximum Gasteiger partial charge on any atom is 0.239 e. The summed E-state index contributed by atoms with van der Waals surface area (Å²) in [7, 11) is -2.01. The third-order valence-electron chi connectivity index (χ3n) is 2.18. The van der Waals surface area contributed by atoms with Crippen molar-refractivity contribution in [1.29, 1.82) is 0 Å². The van der Waals surface area contributed by atoms with Crippen molar-refractivity contribution >= 4 is 27.5 Å². The zero-order valence-corrected chi connectivity index (χ0v) is 11.2. The minimum Gasteiger partial charge on any atom is -0.399 e. The van der Waals surface area contributed by atoms with Gasteiger partial charge in [0.25, 0.3) is 0 Å². The molecule has 2 rings (SSSR count). The van der Waals surface area contributed by atoms with E-state index in [0.29, 0.717) is 10.6 Å². The molecule has 0 amide bonds. The molecule has 0 saturated heterocycles. The number of hydrogen-bond donors (Lipinski definition) is 2. The molecule has 0 atom stereocenters. The number of nitrogen functional groups attached to an aromatic ring is 1. The smallest absolute Gasteiger partial charge is 0.239 e. The summed E-state index contributed by atoms with van der Waals surface area (Å²) in [6, 6.07) is 4.62. The molecule has 4 N–H and O–H groups in total. The van der Waals surface area contributed by atoms with E-state index >= 15 is 0 Å². The van der Waals surface area contributed by atoms with E-state index in [-0.39, 0.29) is 4.90 Å². The molecule has 2 aromatic rings. The van der Waals surface area contributed by atoms with Gasteiger partial charge in [-0.15, -0.1) is 0 Å². The minimum absolute atomic E-state index is 0.0244. The van der Waals surface area contributed by atoms with Gasteiger partial charge in [0, 0.05) is 23.8 Å². The molecule has 1 aromatic heterocycles. The van der Waals surface area contributed by atoms with Crippen LogP contribution in [0, 0.1) is 0 Å². The van der Waals surface area contributed by atoms with Crippen molar-refractivity contribution in [2.24, 2.45) is 12.2 Å². The van der Waals surface area contributed by atoms with Gasteiger partial charge in [0.2, 0.25) is 10.0 Å². The van der Waals surface area contributed by atoms with E-state index in [2.05, 4.69) is 5.10 Å². The molecule has 96 valence electrons. The first-order valence-corrected chi connectivity index (χ1v) is 7.31. The SMILES string of the molecule is Cn1cc(Sc2ccc(N)cc2S(N)(=O)=O)cn1. The van der Waals surface area contributed by atoms with Crippen molar-refractivity contribution in [3.05, 3.63) is 30.6 Å². The number of rotatable bonds is 3. The van der Waals surface area contributed by atoms with Crippen LogP contribution in [0.3, 0.4) is 0 Å². The summed E-state index contributed by atoms with van der Waals surface area (Å²) in [4.78, 5) is 1.38. The van der Waals surface area contributed by atoms with Gasteiger partial charge in [-0.3, -0.25) is 4.68 Å². The van der Waals surface area contributed by atoms with E-state index in [1.54, 1.807) is 36.3 Å². The third kappa shape index (κ3) is 2.84. The monoisotopic (exact) mass is 284 g/mol. The molecule has 6 nitrogen and oxygen atoms in total. The summed E-state index contributed by atoms with van der Waals surface area (Å²) in [6.07, 6.45) is 3.43. The molecular weight excluding hydrogens is 272 g/mol. The number of hydrogen-bond acceptors (Lipinski definition) is 5. The molecule has 0 aliphatic carbocycles. The quantitative estimate of drug-likeness (QED) is 0.811. The average molecular weight is 284 g/mol. The van der Waals surface area contributed by atoms with E-state index in [1.807, 2.05) is 0 Å². The summed E-state index contributed by atoms with van der Waals surface area (Å²) < 4.78 is 24.6. The van der Waals surface area contributed by atoms with Gasteiger partial charge in [0.15, 0.2) is 0 Å². The van der Waals surface area contributed by atoms with E-state index in [4.69, 9.17) is 10.9 Å². The van der Waals surface area contributed by atoms with Crippen molar-refractivity contribution in [3.63, 3.8) is 0 Å². The average Bonchev–Trinajstić information content (AvgIpc) is 2.65. The maximum atomic E-state index is 11.5. The van der Waals surface area contributed by atoms with E-state index in [0.717, 1.165) is 4.90 Å². The van der Waals surface area contributed by atoms with Gasteiger partial charge in [-0.05, 0) is 18.2 Å². The summed E-state index contributed by atoms with van der Waals surface area (Å²) in [5.74, 6) is 0. The van der Waals surface area contributed by atoms with Crippen molar-refractivity contribution in [2.45, 2.75) is 14.7 Å². The zero-order chi connectivity index (χ0) is 13.3. The van der Waals surface area contributed by atoms with Gasteiger partial charge in [0.05, 0.1) is 16.0 Å². The van der Waals surface area contributed by atoms with E-state index in [9.17, 15) is 8.42 Å². The van der Waals surface area contributed by atoms with Gasteiger partial charge >= 0.3 is 0 Å². The Morgan fingerprint density at radius 2 is 2.11 bits per heavy atom. The zero-order valence-electron chi connectivity index (χ0n) is 9.57. The van der Waals surface area contributed by atoms with Crippen LogP contribution in [0.4, 0.5) is 5.69 Å². The predicted molar refractivity (Wildman–Crippen MR) is 69.6 cm³/mol. The van der Waals surface area contributed by atoms with Crippen LogP contribution in [-0.2, 0) is 17.1 Å². The molecule has 0 bridgehead atoms. The first-order valence-electron chi connectivity index (χ1n) is 4.95. The van der Waals surface area contributed by atoms with Crippen LogP contribution in [0.25, 0.3) is 0 Å². The van der Waals surface area contributed by atoms with Crippen LogP contribution in [0.1, 0.15) is 0 Å². The lowest BCUT2D eigenvalue weighted by molar-refractivity contribution is 0.596. The second-order valence-electron chi connectivity index (χ2n) is 3.70. The number of sulfonamides is 1. The highest BCUT2D eigenvalue weighted by Gasteiger charge is 2.15. The molecule has 18 heavy (non-hydrogen) atoms. The minimum atomic E-state index is -3.80. The van der Waals surface area contributed by atoms with Gasteiger partial charge in [0.1, 0.15) is 0 Å². The molecule has 0 aliphatic heterocycles. The van der Waals surface area contributed by atoms with Crippen molar-refractivity contribution in [2.75, 3.05) is 5.73 Å². The Labute approximate surface area is 109 Å². The highest BCUT2D eigenvalue weighted by molar-refractivity contribution is 8.00. The first-order chi connectivity index (χ1) is 8.36. The van der Waals surface area contributed by atoms with Gasteiger partial charge in [-0.1, -0.05) is 11.8 Å². The third-order valence-corrected chi connectivity index (χ3v) is 4.29. The largest absolute Gasteiger partial charge is 0.399 e. The van der Waals surface area contributed by atoms with Gasteiger partial charge in [-0.25, -0.2) is 13.6 Å². The van der Waals surface area contributed by atoms with Gasteiger partial charge in [-0.2, -0.15) is 5.10 Å². The molecule has 1 heterocycles. The Morgan fingerprint density at radius 1 is 1.39 bits per heavy atom. The number of aromatic nitrogens is 2. The topological polar surface area (TPSA) is 104 Å². The van der Waals surface area contributed by atoms with Crippen molar-refractivity contribution in [1.82, 2.24) is 9.78 Å². The lowest BCUT2D eigenvalue weighted by Gasteiger charge is -2.07. The lowest BCUT2D eigenvalue weighted by atomic mass is 10.3. The Hall–Kier alpha value is -1.51. The molecule has 0 fully saturated rings. The Kier molecular flexibility index (Phi) is 3.33. The highest BCUT2D eigenvalue weighted by Crippen LogP contribution is 2.33. The molecular formula is C10H12N4O2S2. The Bertz CT molecular complexity index is 679. The lowest BCUT2D eigenvalue weighted by Crippen LogP contribution is -2.13. The van der Waals surface area contributed by atoms with Crippen LogP contribution in [-0.4, -0.2) is 18.2 Å². The molecule has 0 unspecified atom stereocenters. The van der Waals surface area contributed by atoms with Gasteiger partial charge < -0.3 is 5.73 Å². The highest BCUT2D eigenvalue weighted by atomic mass is 32.2. The normalized spacial score (nSPS) is 11.7. The Morgan fingerprint density at radius 3 is 2.67 bits per heavy atom. The maximum absolute atomic E-state index is 11.5. The first kappa shape index (κ1) is 12.9. The van der Waals surface area contributed by atoms with E-state index in [1.165, 1.54) is 17.8 Å². The molecule has 0 radical (unpaired) electrons.